The Kier molecular flexibility index (Phi) is 6.57. The molecule has 100 valence electrons. The highest BCUT2D eigenvalue weighted by Gasteiger charge is 2.21. The third-order valence-electron chi connectivity index (χ3n) is 2.33. The summed E-state index contributed by atoms with van der Waals surface area (Å²) in [7, 11) is 0. The number of nitrogens with zero attached hydrogens (tertiary/aromatic N) is 1. The lowest BCUT2D eigenvalue weighted by molar-refractivity contribution is -0.605. The first-order valence-corrected chi connectivity index (χ1v) is 7.18. The lowest BCUT2D eigenvalue weighted by Gasteiger charge is -2.14. The fourth-order valence-corrected chi connectivity index (χ4v) is 2.58. The first-order chi connectivity index (χ1) is 8.67. The molecule has 0 aromatic carbocycles. The van der Waals surface area contributed by atoms with Crippen molar-refractivity contribution < 1.29 is 14.3 Å². The molecule has 1 rings (SSSR count). The highest BCUT2D eigenvalue weighted by atomic mass is 32.2. The summed E-state index contributed by atoms with van der Waals surface area (Å²) >= 11 is 1.58. The van der Waals surface area contributed by atoms with Gasteiger partial charge in [-0.25, -0.2) is 0 Å². The summed E-state index contributed by atoms with van der Waals surface area (Å²) in [4.78, 5) is 11.8. The Morgan fingerprint density at radius 2 is 2.33 bits per heavy atom. The average Bonchev–Trinajstić information content (AvgIpc) is 2.34. The molecule has 1 aromatic rings. The molecule has 0 aliphatic heterocycles. The summed E-state index contributed by atoms with van der Waals surface area (Å²) in [5.74, 6) is 0.713. The van der Waals surface area contributed by atoms with E-state index < -0.39 is 0 Å². The van der Waals surface area contributed by atoms with Crippen LogP contribution in [0.2, 0.25) is 0 Å². The molecule has 5 heteroatoms. The van der Waals surface area contributed by atoms with Gasteiger partial charge in [0.2, 0.25) is 0 Å². The van der Waals surface area contributed by atoms with E-state index in [4.69, 9.17) is 4.74 Å². The normalized spacial score (nSPS) is 12.1. The van der Waals surface area contributed by atoms with E-state index in [1.54, 1.807) is 24.8 Å². The summed E-state index contributed by atoms with van der Waals surface area (Å²) < 4.78 is 5.81. The summed E-state index contributed by atoms with van der Waals surface area (Å²) in [6.07, 6.45) is 4.48. The minimum atomic E-state index is -0.229. The maximum Gasteiger partial charge on any atom is 0.319 e. The summed E-state index contributed by atoms with van der Waals surface area (Å²) in [5, 5.41) is 10.9. The molecule has 0 radical (unpaired) electrons. The number of carbonyl (C=O) groups is 1. The third-order valence-corrected chi connectivity index (χ3v) is 3.74. The van der Waals surface area contributed by atoms with Crippen LogP contribution in [0.15, 0.2) is 24.5 Å². The molecular formula is C13H19NO3S. The Morgan fingerprint density at radius 3 is 2.94 bits per heavy atom. The smallest absolute Gasteiger partial charge is 0.319 e. The molecule has 0 saturated carbocycles. The quantitative estimate of drug-likeness (QED) is 0.431. The van der Waals surface area contributed by atoms with E-state index in [0.29, 0.717) is 13.0 Å². The highest BCUT2D eigenvalue weighted by molar-refractivity contribution is 8.00. The molecule has 0 spiro atoms. The van der Waals surface area contributed by atoms with Crippen molar-refractivity contribution in [2.75, 3.05) is 12.4 Å². The Balaban J connectivity index is 2.68. The van der Waals surface area contributed by atoms with Crippen molar-refractivity contribution in [2.45, 2.75) is 31.9 Å². The minimum absolute atomic E-state index is 0.197. The van der Waals surface area contributed by atoms with Gasteiger partial charge >= 0.3 is 5.97 Å². The van der Waals surface area contributed by atoms with E-state index in [-0.39, 0.29) is 11.2 Å². The SMILES string of the molecule is CCCSC(Cc1ccc[n+]([O-])c1)C(=O)OCC. The van der Waals surface area contributed by atoms with Gasteiger partial charge < -0.3 is 9.94 Å². The van der Waals surface area contributed by atoms with Crippen molar-refractivity contribution in [3.63, 3.8) is 0 Å². The first kappa shape index (κ1) is 14.8. The molecule has 0 amide bonds. The molecule has 0 aliphatic carbocycles. The molecule has 1 atom stereocenters. The number of ether oxygens (including phenoxy) is 1. The number of carbonyl (C=O) groups excluding carboxylic acids is 1. The van der Waals surface area contributed by atoms with E-state index in [2.05, 4.69) is 6.92 Å². The number of pyridine rings is 1. The monoisotopic (exact) mass is 269 g/mol. The second-order valence-corrected chi connectivity index (χ2v) is 5.20. The zero-order chi connectivity index (χ0) is 13.4. The fourth-order valence-electron chi connectivity index (χ4n) is 1.54. The maximum absolute atomic E-state index is 11.8. The van der Waals surface area contributed by atoms with Crippen molar-refractivity contribution in [1.82, 2.24) is 0 Å². The molecule has 0 aliphatic rings. The van der Waals surface area contributed by atoms with E-state index in [1.807, 2.05) is 6.07 Å². The molecular weight excluding hydrogens is 250 g/mol. The molecule has 0 fully saturated rings. The van der Waals surface area contributed by atoms with Crippen molar-refractivity contribution >= 4 is 17.7 Å². The van der Waals surface area contributed by atoms with Crippen molar-refractivity contribution in [3.05, 3.63) is 35.3 Å². The zero-order valence-corrected chi connectivity index (χ0v) is 11.6. The Bertz CT molecular complexity index is 384. The van der Waals surface area contributed by atoms with E-state index >= 15 is 0 Å². The van der Waals surface area contributed by atoms with Crippen LogP contribution in [0.25, 0.3) is 0 Å². The fraction of sp³-hybridized carbons (Fsp3) is 0.538. The van der Waals surface area contributed by atoms with Gasteiger partial charge in [-0.15, -0.1) is 11.8 Å². The van der Waals surface area contributed by atoms with Crippen LogP contribution in [-0.4, -0.2) is 23.6 Å². The van der Waals surface area contributed by atoms with Gasteiger partial charge in [0, 0.05) is 18.1 Å². The summed E-state index contributed by atoms with van der Waals surface area (Å²) in [6, 6.07) is 3.54. The molecule has 1 heterocycles. The summed E-state index contributed by atoms with van der Waals surface area (Å²) in [6.45, 7) is 4.26. The van der Waals surface area contributed by atoms with Gasteiger partial charge in [0.15, 0.2) is 12.4 Å². The van der Waals surface area contributed by atoms with Gasteiger partial charge in [0.05, 0.1) is 6.61 Å². The van der Waals surface area contributed by atoms with Crippen LogP contribution in [-0.2, 0) is 16.0 Å². The molecule has 18 heavy (non-hydrogen) atoms. The van der Waals surface area contributed by atoms with Crippen LogP contribution in [0.5, 0.6) is 0 Å². The Morgan fingerprint density at radius 1 is 1.56 bits per heavy atom. The highest BCUT2D eigenvalue weighted by Crippen LogP contribution is 2.18. The van der Waals surface area contributed by atoms with Gasteiger partial charge in [-0.3, -0.25) is 4.79 Å². The van der Waals surface area contributed by atoms with Crippen LogP contribution in [0.1, 0.15) is 25.8 Å². The lowest BCUT2D eigenvalue weighted by atomic mass is 10.1. The molecule has 1 unspecified atom stereocenters. The van der Waals surface area contributed by atoms with Crippen LogP contribution in [0, 0.1) is 5.21 Å². The first-order valence-electron chi connectivity index (χ1n) is 6.13. The number of hydrogen-bond acceptors (Lipinski definition) is 4. The van der Waals surface area contributed by atoms with Crippen molar-refractivity contribution in [1.29, 1.82) is 0 Å². The standard InChI is InChI=1S/C13H19NO3S/c1-3-8-18-12(13(15)17-4-2)9-11-6-5-7-14(16)10-11/h5-7,10,12H,3-4,8-9H2,1-2H3. The predicted molar refractivity (Wildman–Crippen MR) is 72.3 cm³/mol. The van der Waals surface area contributed by atoms with Gasteiger partial charge in [-0.1, -0.05) is 6.92 Å². The van der Waals surface area contributed by atoms with E-state index in [9.17, 15) is 10.0 Å². The Hall–Kier alpha value is -1.23. The predicted octanol–water partition coefficient (Wildman–Crippen LogP) is 1.94. The van der Waals surface area contributed by atoms with Gasteiger partial charge in [0.25, 0.3) is 0 Å². The lowest BCUT2D eigenvalue weighted by Crippen LogP contribution is -2.28. The van der Waals surface area contributed by atoms with Crippen LogP contribution in [0.4, 0.5) is 0 Å². The van der Waals surface area contributed by atoms with E-state index in [0.717, 1.165) is 22.5 Å². The topological polar surface area (TPSA) is 53.2 Å². The summed E-state index contributed by atoms with van der Waals surface area (Å²) in [5.41, 5.74) is 0.856. The maximum atomic E-state index is 11.8. The number of rotatable bonds is 7. The van der Waals surface area contributed by atoms with Crippen molar-refractivity contribution in [2.24, 2.45) is 0 Å². The molecule has 0 bridgehead atoms. The molecule has 4 nitrogen and oxygen atoms in total. The molecule has 1 aromatic heterocycles. The minimum Gasteiger partial charge on any atom is -0.619 e. The van der Waals surface area contributed by atoms with Gasteiger partial charge in [0.1, 0.15) is 5.25 Å². The molecule has 0 saturated heterocycles. The van der Waals surface area contributed by atoms with Crippen LogP contribution >= 0.6 is 11.8 Å². The number of hydrogen-bond donors (Lipinski definition) is 0. The van der Waals surface area contributed by atoms with E-state index in [1.165, 1.54) is 12.4 Å². The van der Waals surface area contributed by atoms with Crippen LogP contribution < -0.4 is 4.73 Å². The number of esters is 1. The second-order valence-electron chi connectivity index (χ2n) is 3.89. The number of thioether (sulfide) groups is 1. The zero-order valence-electron chi connectivity index (χ0n) is 10.8. The largest absolute Gasteiger partial charge is 0.619 e. The van der Waals surface area contributed by atoms with Gasteiger partial charge in [-0.05, 0) is 25.2 Å². The van der Waals surface area contributed by atoms with Crippen molar-refractivity contribution in [3.8, 4) is 0 Å². The number of aromatic nitrogens is 1. The second kappa shape index (κ2) is 7.97. The van der Waals surface area contributed by atoms with Crippen LogP contribution in [0.3, 0.4) is 0 Å². The Labute approximate surface area is 112 Å². The molecule has 0 N–H and O–H groups in total. The third kappa shape index (κ3) is 4.96. The van der Waals surface area contributed by atoms with Gasteiger partial charge in [-0.2, -0.15) is 4.73 Å². The average molecular weight is 269 g/mol.